The molecule has 0 saturated heterocycles. The monoisotopic (exact) mass is 217 g/mol. The number of aromatic hydroxyl groups is 1. The smallest absolute Gasteiger partial charge is 0.260 e. The molecule has 0 aromatic heterocycles. The first-order valence-corrected chi connectivity index (χ1v) is 5.41. The molecule has 6 heteroatoms. The summed E-state index contributed by atoms with van der Waals surface area (Å²) < 4.78 is 21.6. The van der Waals surface area contributed by atoms with Gasteiger partial charge in [0, 0.05) is 10.7 Å². The maximum atomic E-state index is 10.8. The molecule has 0 amide bonds. The minimum absolute atomic E-state index is 0.137. The van der Waals surface area contributed by atoms with Gasteiger partial charge in [-0.2, -0.15) is 0 Å². The Labute approximate surface area is 79.6 Å². The van der Waals surface area contributed by atoms with Crippen molar-refractivity contribution in [1.29, 1.82) is 0 Å². The fraction of sp³-hybridized carbons (Fsp3) is 0. The molecule has 1 aromatic carbocycles. The lowest BCUT2D eigenvalue weighted by atomic mass is 10.3. The second-order valence-corrected chi connectivity index (χ2v) is 4.77. The maximum absolute atomic E-state index is 10.8. The van der Waals surface area contributed by atoms with Gasteiger partial charge in [-0.05, 0) is 18.2 Å². The van der Waals surface area contributed by atoms with Crippen molar-refractivity contribution in [3.8, 4) is 5.75 Å². The Kier molecular flexibility index (Phi) is 2.45. The molecule has 0 aliphatic rings. The molecule has 0 radical (unpaired) electrons. The third-order valence-corrected chi connectivity index (χ3v) is 2.70. The van der Waals surface area contributed by atoms with Gasteiger partial charge in [0.05, 0.1) is 11.5 Å². The number of halogens is 1. The maximum Gasteiger partial charge on any atom is 0.260 e. The van der Waals surface area contributed by atoms with Crippen LogP contribution in [0.4, 0.5) is 5.69 Å². The van der Waals surface area contributed by atoms with Crippen molar-refractivity contribution in [2.24, 2.45) is 0 Å². The van der Waals surface area contributed by atoms with Gasteiger partial charge in [-0.15, -0.1) is 0 Å². The number of phenolic OH excluding ortho intramolecular Hbond substituents is 1. The third kappa shape index (κ3) is 2.11. The van der Waals surface area contributed by atoms with Crippen LogP contribution in [0.2, 0.25) is 0 Å². The van der Waals surface area contributed by atoms with Crippen molar-refractivity contribution in [3.05, 3.63) is 29.6 Å². The minimum atomic E-state index is -3.83. The van der Waals surface area contributed by atoms with E-state index in [2.05, 4.69) is 4.85 Å². The molecular weight excluding hydrogens is 214 g/mol. The van der Waals surface area contributed by atoms with Crippen LogP contribution in [0.3, 0.4) is 0 Å². The second kappa shape index (κ2) is 3.24. The topological polar surface area (TPSA) is 58.7 Å². The van der Waals surface area contributed by atoms with Gasteiger partial charge in [-0.1, -0.05) is 0 Å². The molecule has 0 fully saturated rings. The van der Waals surface area contributed by atoms with Gasteiger partial charge in [-0.3, -0.25) is 0 Å². The van der Waals surface area contributed by atoms with E-state index in [4.69, 9.17) is 22.4 Å². The van der Waals surface area contributed by atoms with E-state index in [0.717, 1.165) is 18.2 Å². The Morgan fingerprint density at radius 3 is 2.54 bits per heavy atom. The number of nitrogens with zero attached hydrogens (tertiary/aromatic N) is 1. The zero-order valence-corrected chi connectivity index (χ0v) is 7.80. The first kappa shape index (κ1) is 9.84. The average Bonchev–Trinajstić information content (AvgIpc) is 2.03. The summed E-state index contributed by atoms with van der Waals surface area (Å²) in [5.74, 6) is -0.265. The Morgan fingerprint density at radius 1 is 1.46 bits per heavy atom. The molecule has 0 spiro atoms. The largest absolute Gasteiger partial charge is 0.519 e. The average molecular weight is 218 g/mol. The molecule has 0 heterocycles. The molecule has 0 atom stereocenters. The summed E-state index contributed by atoms with van der Waals surface area (Å²) in [6, 6.07) is 3.26. The molecule has 68 valence electrons. The molecule has 0 unspecified atom stereocenters. The van der Waals surface area contributed by atoms with Crippen molar-refractivity contribution < 1.29 is 13.5 Å². The molecule has 13 heavy (non-hydrogen) atoms. The lowest BCUT2D eigenvalue weighted by Crippen LogP contribution is -1.88. The molecule has 0 aliphatic carbocycles. The summed E-state index contributed by atoms with van der Waals surface area (Å²) in [4.78, 5) is 2.72. The van der Waals surface area contributed by atoms with Crippen LogP contribution in [-0.4, -0.2) is 13.5 Å². The normalized spacial score (nSPS) is 10.8. The van der Waals surface area contributed by atoms with Gasteiger partial charge < -0.3 is 5.11 Å². The van der Waals surface area contributed by atoms with E-state index in [1.54, 1.807) is 0 Å². The number of phenols is 1. The van der Waals surface area contributed by atoms with E-state index in [1.165, 1.54) is 0 Å². The first-order valence-electron chi connectivity index (χ1n) is 3.10. The highest BCUT2D eigenvalue weighted by molar-refractivity contribution is 8.13. The van der Waals surface area contributed by atoms with Crippen molar-refractivity contribution in [3.63, 3.8) is 0 Å². The molecule has 0 aliphatic heterocycles. The molecule has 1 aromatic rings. The van der Waals surface area contributed by atoms with Gasteiger partial charge in [-0.25, -0.2) is 13.3 Å². The van der Waals surface area contributed by atoms with Gasteiger partial charge >= 0.3 is 0 Å². The third-order valence-electron chi connectivity index (χ3n) is 1.35. The molecule has 4 nitrogen and oxygen atoms in total. The van der Waals surface area contributed by atoms with Crippen molar-refractivity contribution in [2.75, 3.05) is 0 Å². The predicted molar refractivity (Wildman–Crippen MR) is 47.4 cm³/mol. The summed E-state index contributed by atoms with van der Waals surface area (Å²) in [7, 11) is 1.19. The summed E-state index contributed by atoms with van der Waals surface area (Å²) in [5, 5.41) is 9.05. The molecule has 0 bridgehead atoms. The van der Waals surface area contributed by atoms with Crippen LogP contribution in [0.5, 0.6) is 5.75 Å². The van der Waals surface area contributed by atoms with Crippen LogP contribution in [-0.2, 0) is 9.05 Å². The number of benzene rings is 1. The molecule has 1 rings (SSSR count). The standard InChI is InChI=1S/C7H4ClNO3S/c1-9-6-4-5(13(8,11)12)2-3-7(6)10/h2-4,10H. The fourth-order valence-corrected chi connectivity index (χ4v) is 1.52. The highest BCUT2D eigenvalue weighted by atomic mass is 35.7. The van der Waals surface area contributed by atoms with E-state index < -0.39 is 9.05 Å². The van der Waals surface area contributed by atoms with Crippen molar-refractivity contribution >= 4 is 25.4 Å². The van der Waals surface area contributed by atoms with E-state index in [-0.39, 0.29) is 16.3 Å². The Hall–Kier alpha value is -1.25. The Morgan fingerprint density at radius 2 is 2.08 bits per heavy atom. The number of rotatable bonds is 1. The number of hydrogen-bond donors (Lipinski definition) is 1. The van der Waals surface area contributed by atoms with Crippen LogP contribution >= 0.6 is 10.7 Å². The van der Waals surface area contributed by atoms with Crippen molar-refractivity contribution in [1.82, 2.24) is 0 Å². The molecular formula is C7H4ClNO3S. The molecule has 1 N–H and O–H groups in total. The van der Waals surface area contributed by atoms with Crippen LogP contribution in [0, 0.1) is 6.57 Å². The Balaban J connectivity index is 3.41. The Bertz CT molecular complexity index is 475. The first-order chi connectivity index (χ1) is 5.95. The van der Waals surface area contributed by atoms with Gasteiger partial charge in [0.2, 0.25) is 5.69 Å². The lowest BCUT2D eigenvalue weighted by molar-refractivity contribution is 0.478. The zero-order chi connectivity index (χ0) is 10.1. The number of hydrogen-bond acceptors (Lipinski definition) is 3. The van der Waals surface area contributed by atoms with Gasteiger partial charge in [0.25, 0.3) is 9.05 Å². The van der Waals surface area contributed by atoms with E-state index >= 15 is 0 Å². The summed E-state index contributed by atoms with van der Waals surface area (Å²) in [6.45, 7) is 6.61. The SMILES string of the molecule is [C-]#[N+]c1cc(S(=O)(=O)Cl)ccc1O. The fourth-order valence-electron chi connectivity index (χ4n) is 0.744. The lowest BCUT2D eigenvalue weighted by Gasteiger charge is -1.98. The van der Waals surface area contributed by atoms with E-state index in [1.807, 2.05) is 0 Å². The van der Waals surface area contributed by atoms with Crippen LogP contribution in [0.15, 0.2) is 23.1 Å². The highest BCUT2D eigenvalue weighted by Gasteiger charge is 2.12. The summed E-state index contributed by atoms with van der Waals surface area (Å²) >= 11 is 0. The van der Waals surface area contributed by atoms with Crippen LogP contribution in [0.1, 0.15) is 0 Å². The predicted octanol–water partition coefficient (Wildman–Crippen LogP) is 1.87. The quantitative estimate of drug-likeness (QED) is 0.577. The molecule has 0 saturated carbocycles. The van der Waals surface area contributed by atoms with Gasteiger partial charge in [0.1, 0.15) is 5.75 Å². The van der Waals surface area contributed by atoms with E-state index in [0.29, 0.717) is 0 Å². The van der Waals surface area contributed by atoms with Crippen LogP contribution in [0.25, 0.3) is 4.85 Å². The highest BCUT2D eigenvalue weighted by Crippen LogP contribution is 2.29. The minimum Gasteiger partial charge on any atom is -0.519 e. The zero-order valence-electron chi connectivity index (χ0n) is 6.23. The van der Waals surface area contributed by atoms with E-state index in [9.17, 15) is 8.42 Å². The van der Waals surface area contributed by atoms with Crippen molar-refractivity contribution in [2.45, 2.75) is 4.90 Å². The summed E-state index contributed by atoms with van der Waals surface area (Å²) in [5.41, 5.74) is -0.137. The van der Waals surface area contributed by atoms with Gasteiger partial charge in [0.15, 0.2) is 0 Å². The van der Waals surface area contributed by atoms with Crippen LogP contribution < -0.4 is 0 Å². The second-order valence-electron chi connectivity index (χ2n) is 2.20. The summed E-state index contributed by atoms with van der Waals surface area (Å²) in [6.07, 6.45) is 0.